The van der Waals surface area contributed by atoms with Crippen molar-refractivity contribution in [2.45, 2.75) is 18.9 Å². The predicted octanol–water partition coefficient (Wildman–Crippen LogP) is 2.49. The maximum Gasteiger partial charge on any atom is 0.344 e. The smallest absolute Gasteiger partial charge is 0.344 e. The standard InChI is InChI=1S/C24H18N2O6/c1-13-11-17-18(22(28)31-13)24(15-9-5-6-10-16(15)26-23(24)29)19(20(25)32-17)21(27)30-12-14-7-3-2-4-8-14/h2-11H,12,25H2,1H3,(H,26,29)/t24-/m0/s1. The number of ether oxygens (including phenoxy) is 2. The first-order valence-corrected chi connectivity index (χ1v) is 9.88. The summed E-state index contributed by atoms with van der Waals surface area (Å²) in [6.45, 7) is 1.52. The topological polar surface area (TPSA) is 121 Å². The molecule has 1 amide bonds. The molecular weight excluding hydrogens is 412 g/mol. The molecular formula is C24H18N2O6. The van der Waals surface area contributed by atoms with Crippen LogP contribution in [0, 0.1) is 6.92 Å². The number of carbonyl (C=O) groups is 2. The van der Waals surface area contributed by atoms with Gasteiger partial charge in [-0.15, -0.1) is 0 Å². The summed E-state index contributed by atoms with van der Waals surface area (Å²) in [6.07, 6.45) is 0. The lowest BCUT2D eigenvalue weighted by atomic mass is 9.69. The average molecular weight is 430 g/mol. The van der Waals surface area contributed by atoms with E-state index < -0.39 is 22.9 Å². The number of benzene rings is 2. The molecule has 0 fully saturated rings. The summed E-state index contributed by atoms with van der Waals surface area (Å²) in [4.78, 5) is 39.8. The van der Waals surface area contributed by atoms with Crippen LogP contribution in [0.4, 0.5) is 5.69 Å². The third-order valence-corrected chi connectivity index (χ3v) is 5.59. The normalized spacial score (nSPS) is 18.6. The van der Waals surface area contributed by atoms with Gasteiger partial charge in [-0.25, -0.2) is 9.59 Å². The van der Waals surface area contributed by atoms with Gasteiger partial charge >= 0.3 is 11.6 Å². The molecule has 0 saturated heterocycles. The molecule has 0 radical (unpaired) electrons. The second kappa shape index (κ2) is 7.12. The van der Waals surface area contributed by atoms with Crippen molar-refractivity contribution in [1.29, 1.82) is 0 Å². The number of nitrogens with one attached hydrogen (secondary N) is 1. The summed E-state index contributed by atoms with van der Waals surface area (Å²) in [5.41, 5.74) is 4.72. The quantitative estimate of drug-likeness (QED) is 0.613. The number of aryl methyl sites for hydroxylation is 1. The summed E-state index contributed by atoms with van der Waals surface area (Å²) < 4.78 is 16.4. The van der Waals surface area contributed by atoms with Crippen LogP contribution in [0.2, 0.25) is 0 Å². The van der Waals surface area contributed by atoms with Crippen LogP contribution in [-0.2, 0) is 26.3 Å². The van der Waals surface area contributed by atoms with Gasteiger partial charge in [0, 0.05) is 17.3 Å². The molecule has 3 N–H and O–H groups in total. The van der Waals surface area contributed by atoms with Crippen LogP contribution in [0.5, 0.6) is 5.75 Å². The minimum absolute atomic E-state index is 0.0504. The molecule has 2 aliphatic rings. The van der Waals surface area contributed by atoms with Gasteiger partial charge in [0.05, 0.1) is 0 Å². The minimum atomic E-state index is -1.86. The van der Waals surface area contributed by atoms with Crippen molar-refractivity contribution in [3.05, 3.63) is 105 Å². The zero-order chi connectivity index (χ0) is 22.5. The first-order chi connectivity index (χ1) is 15.4. The minimum Gasteiger partial charge on any atom is -0.457 e. The maximum absolute atomic E-state index is 13.5. The Balaban J connectivity index is 1.72. The Kier molecular flexibility index (Phi) is 4.37. The van der Waals surface area contributed by atoms with Gasteiger partial charge in [-0.3, -0.25) is 4.79 Å². The summed E-state index contributed by atoms with van der Waals surface area (Å²) in [5.74, 6) is -1.47. The van der Waals surface area contributed by atoms with Gasteiger partial charge in [0.25, 0.3) is 0 Å². The van der Waals surface area contributed by atoms with E-state index in [0.717, 1.165) is 5.56 Å². The molecule has 0 bridgehead atoms. The van der Waals surface area contributed by atoms with Crippen LogP contribution in [-0.4, -0.2) is 11.9 Å². The number of nitrogens with two attached hydrogens (primary N) is 1. The van der Waals surface area contributed by atoms with Gasteiger partial charge in [0.15, 0.2) is 0 Å². The summed E-state index contributed by atoms with van der Waals surface area (Å²) in [6, 6.07) is 17.3. The largest absolute Gasteiger partial charge is 0.457 e. The van der Waals surface area contributed by atoms with Crippen molar-refractivity contribution in [3.8, 4) is 5.75 Å². The van der Waals surface area contributed by atoms with Gasteiger partial charge in [0.1, 0.15) is 34.7 Å². The molecule has 160 valence electrons. The van der Waals surface area contributed by atoms with Crippen LogP contribution >= 0.6 is 0 Å². The van der Waals surface area contributed by atoms with Crippen LogP contribution in [0.25, 0.3) is 0 Å². The van der Waals surface area contributed by atoms with Gasteiger partial charge in [-0.1, -0.05) is 48.5 Å². The number of anilines is 1. The molecule has 2 aliphatic heterocycles. The zero-order valence-corrected chi connectivity index (χ0v) is 17.0. The van der Waals surface area contributed by atoms with E-state index >= 15 is 0 Å². The van der Waals surface area contributed by atoms with Crippen LogP contribution in [0.1, 0.15) is 22.5 Å². The van der Waals surface area contributed by atoms with Crippen molar-refractivity contribution >= 4 is 17.6 Å². The van der Waals surface area contributed by atoms with E-state index in [1.807, 2.05) is 18.2 Å². The molecule has 1 atom stereocenters. The fourth-order valence-corrected chi connectivity index (χ4v) is 4.28. The third kappa shape index (κ3) is 2.73. The molecule has 0 unspecified atom stereocenters. The van der Waals surface area contributed by atoms with Gasteiger partial charge in [0.2, 0.25) is 11.8 Å². The lowest BCUT2D eigenvalue weighted by Gasteiger charge is -2.34. The van der Waals surface area contributed by atoms with Crippen molar-refractivity contribution in [1.82, 2.24) is 0 Å². The fourth-order valence-electron chi connectivity index (χ4n) is 4.28. The average Bonchev–Trinajstić information content (AvgIpc) is 3.04. The lowest BCUT2D eigenvalue weighted by molar-refractivity contribution is -0.142. The van der Waals surface area contributed by atoms with Crippen LogP contribution < -0.4 is 21.4 Å². The van der Waals surface area contributed by atoms with Gasteiger partial charge in [-0.2, -0.15) is 0 Å². The van der Waals surface area contributed by atoms with Crippen LogP contribution in [0.3, 0.4) is 0 Å². The highest BCUT2D eigenvalue weighted by Crippen LogP contribution is 2.52. The highest BCUT2D eigenvalue weighted by molar-refractivity contribution is 6.17. The van der Waals surface area contributed by atoms with Gasteiger partial charge < -0.3 is 24.9 Å². The Bertz CT molecular complexity index is 1360. The first kappa shape index (κ1) is 19.6. The Morgan fingerprint density at radius 3 is 2.59 bits per heavy atom. The molecule has 32 heavy (non-hydrogen) atoms. The first-order valence-electron chi connectivity index (χ1n) is 9.88. The molecule has 5 rings (SSSR count). The SMILES string of the molecule is Cc1cc2c(c(=O)o1)[C@]1(C(=O)Nc3ccccc31)C(C(=O)OCc1ccccc1)=C(N)O2. The van der Waals surface area contributed by atoms with E-state index in [0.29, 0.717) is 11.3 Å². The van der Waals surface area contributed by atoms with E-state index in [-0.39, 0.29) is 35.1 Å². The fraction of sp³-hybridized carbons (Fsp3) is 0.125. The third-order valence-electron chi connectivity index (χ3n) is 5.59. The van der Waals surface area contributed by atoms with Crippen molar-refractivity contribution in [2.24, 2.45) is 5.73 Å². The van der Waals surface area contributed by atoms with Crippen molar-refractivity contribution in [3.63, 3.8) is 0 Å². The highest BCUT2D eigenvalue weighted by Gasteiger charge is 2.60. The number of esters is 1. The predicted molar refractivity (Wildman–Crippen MR) is 114 cm³/mol. The van der Waals surface area contributed by atoms with E-state index in [2.05, 4.69) is 5.32 Å². The second-order valence-corrected chi connectivity index (χ2v) is 7.54. The maximum atomic E-state index is 13.5. The summed E-state index contributed by atoms with van der Waals surface area (Å²) in [7, 11) is 0. The Labute approximate surface area is 182 Å². The number of hydrogen-bond acceptors (Lipinski definition) is 7. The van der Waals surface area contributed by atoms with E-state index in [9.17, 15) is 14.4 Å². The summed E-state index contributed by atoms with van der Waals surface area (Å²) in [5, 5.41) is 2.75. The molecule has 1 spiro atoms. The molecule has 0 aliphatic carbocycles. The monoisotopic (exact) mass is 430 g/mol. The second-order valence-electron chi connectivity index (χ2n) is 7.54. The van der Waals surface area contributed by atoms with Crippen molar-refractivity contribution in [2.75, 3.05) is 5.32 Å². The lowest BCUT2D eigenvalue weighted by Crippen LogP contribution is -2.48. The Morgan fingerprint density at radius 2 is 1.81 bits per heavy atom. The van der Waals surface area contributed by atoms with Crippen molar-refractivity contribution < 1.29 is 23.5 Å². The number of carbonyl (C=O) groups excluding carboxylic acids is 2. The number of amides is 1. The molecule has 2 aromatic carbocycles. The molecule has 3 heterocycles. The molecule has 3 aromatic rings. The molecule has 8 nitrogen and oxygen atoms in total. The highest BCUT2D eigenvalue weighted by atomic mass is 16.5. The molecule has 8 heteroatoms. The summed E-state index contributed by atoms with van der Waals surface area (Å²) >= 11 is 0. The van der Waals surface area contributed by atoms with E-state index in [1.165, 1.54) is 6.07 Å². The molecule has 1 aromatic heterocycles. The zero-order valence-electron chi connectivity index (χ0n) is 17.0. The number of rotatable bonds is 3. The number of hydrogen-bond donors (Lipinski definition) is 2. The van der Waals surface area contributed by atoms with E-state index in [4.69, 9.17) is 19.6 Å². The number of para-hydroxylation sites is 1. The Morgan fingerprint density at radius 1 is 1.09 bits per heavy atom. The van der Waals surface area contributed by atoms with Gasteiger partial charge in [-0.05, 0) is 18.6 Å². The number of fused-ring (bicyclic) bond motifs is 4. The Hall–Kier alpha value is -4.33. The molecule has 0 saturated carbocycles. The van der Waals surface area contributed by atoms with E-state index in [1.54, 1.807) is 43.3 Å². The van der Waals surface area contributed by atoms with Crippen LogP contribution in [0.15, 0.2) is 81.3 Å².